The van der Waals surface area contributed by atoms with Crippen LogP contribution >= 0.6 is 35.5 Å². The molecular weight excluding hydrogens is 450 g/mol. The summed E-state index contributed by atoms with van der Waals surface area (Å²) < 4.78 is 6.77. The molecule has 0 aliphatic rings. The van der Waals surface area contributed by atoms with E-state index in [1.54, 1.807) is 23.1 Å². The summed E-state index contributed by atoms with van der Waals surface area (Å²) in [5.74, 6) is 1.65. The number of amides is 1. The highest BCUT2D eigenvalue weighted by atomic mass is 35.5. The zero-order chi connectivity index (χ0) is 21.3. The van der Waals surface area contributed by atoms with Crippen LogP contribution in [0.3, 0.4) is 0 Å². The summed E-state index contributed by atoms with van der Waals surface area (Å²) in [4.78, 5) is 23.1. The number of thiazole rings is 1. The molecule has 2 aromatic carbocycles. The van der Waals surface area contributed by atoms with Gasteiger partial charge in [0, 0.05) is 23.6 Å². The monoisotopic (exact) mass is 479 g/mol. The van der Waals surface area contributed by atoms with Crippen LogP contribution in [0.4, 0.5) is 5.13 Å². The molecule has 8 heteroatoms. The van der Waals surface area contributed by atoms with Gasteiger partial charge in [0.15, 0.2) is 5.13 Å². The van der Waals surface area contributed by atoms with E-state index in [1.165, 1.54) is 4.90 Å². The molecule has 168 valence electrons. The minimum absolute atomic E-state index is 0. The van der Waals surface area contributed by atoms with E-state index < -0.39 is 0 Å². The minimum atomic E-state index is 0. The number of ether oxygens (including phenoxy) is 1. The topological polar surface area (TPSA) is 45.7 Å². The third-order valence-corrected chi connectivity index (χ3v) is 6.57. The van der Waals surface area contributed by atoms with Crippen molar-refractivity contribution >= 4 is 56.8 Å². The van der Waals surface area contributed by atoms with E-state index >= 15 is 0 Å². The number of halogens is 1. The maximum absolute atomic E-state index is 13.1. The predicted octanol–water partition coefficient (Wildman–Crippen LogP) is 5.58. The standard InChI is InChI=1S/C23H29N3O2S2.ClH/c1-4-28-19-12-8-13-20-22(19)24-23(30-20)26(16-9-15-25(2)3)21(27)14-17-29-18-10-6-5-7-11-18;/h5-8,10-13H,4,9,14-17H2,1-3H3;1H. The average molecular weight is 480 g/mol. The first-order valence-electron chi connectivity index (χ1n) is 10.2. The lowest BCUT2D eigenvalue weighted by Gasteiger charge is -2.21. The molecule has 0 N–H and O–H groups in total. The molecular formula is C23H30ClN3O2S2. The second-order valence-electron chi connectivity index (χ2n) is 7.15. The van der Waals surface area contributed by atoms with E-state index in [1.807, 2.05) is 48.2 Å². The van der Waals surface area contributed by atoms with Crippen molar-refractivity contribution in [1.29, 1.82) is 0 Å². The van der Waals surface area contributed by atoms with Crippen LogP contribution in [0.1, 0.15) is 19.8 Å². The summed E-state index contributed by atoms with van der Waals surface area (Å²) in [6.45, 7) is 4.15. The summed E-state index contributed by atoms with van der Waals surface area (Å²) in [6.07, 6.45) is 1.38. The highest BCUT2D eigenvalue weighted by Crippen LogP contribution is 2.34. The zero-order valence-corrected chi connectivity index (χ0v) is 20.7. The lowest BCUT2D eigenvalue weighted by molar-refractivity contribution is -0.118. The molecule has 0 spiro atoms. The van der Waals surface area contributed by atoms with Gasteiger partial charge in [-0.2, -0.15) is 0 Å². The minimum Gasteiger partial charge on any atom is -0.492 e. The van der Waals surface area contributed by atoms with Crippen molar-refractivity contribution in [3.63, 3.8) is 0 Å². The van der Waals surface area contributed by atoms with E-state index in [0.717, 1.165) is 39.8 Å². The number of aromatic nitrogens is 1. The third-order valence-electron chi connectivity index (χ3n) is 4.52. The molecule has 1 heterocycles. The first-order chi connectivity index (χ1) is 14.6. The molecule has 0 aliphatic heterocycles. The highest BCUT2D eigenvalue weighted by Gasteiger charge is 2.20. The highest BCUT2D eigenvalue weighted by molar-refractivity contribution is 7.99. The van der Waals surface area contributed by atoms with Gasteiger partial charge in [-0.05, 0) is 58.3 Å². The Morgan fingerprint density at radius 1 is 1.10 bits per heavy atom. The first-order valence-corrected chi connectivity index (χ1v) is 12.0. The van der Waals surface area contributed by atoms with Crippen LogP contribution in [-0.2, 0) is 4.79 Å². The number of carbonyl (C=O) groups excluding carboxylic acids is 1. The number of rotatable bonds is 11. The van der Waals surface area contributed by atoms with Gasteiger partial charge in [0.05, 0.1) is 11.3 Å². The second kappa shape index (κ2) is 12.9. The molecule has 5 nitrogen and oxygen atoms in total. The Labute approximate surface area is 199 Å². The van der Waals surface area contributed by atoms with Crippen LogP contribution in [0.25, 0.3) is 10.2 Å². The molecule has 0 aliphatic carbocycles. The fraction of sp³-hybridized carbons (Fsp3) is 0.391. The van der Waals surface area contributed by atoms with Crippen molar-refractivity contribution in [3.8, 4) is 5.75 Å². The Bertz CT molecular complexity index is 950. The van der Waals surface area contributed by atoms with Crippen LogP contribution in [0, 0.1) is 0 Å². The normalized spacial score (nSPS) is 10.8. The van der Waals surface area contributed by atoms with Crippen molar-refractivity contribution in [3.05, 3.63) is 48.5 Å². The number of benzene rings is 2. The van der Waals surface area contributed by atoms with Crippen LogP contribution in [0.15, 0.2) is 53.4 Å². The Kier molecular flexibility index (Phi) is 10.6. The quantitative estimate of drug-likeness (QED) is 0.336. The summed E-state index contributed by atoms with van der Waals surface area (Å²) in [6, 6.07) is 16.1. The number of anilines is 1. The molecule has 3 rings (SSSR count). The molecule has 0 fully saturated rings. The van der Waals surface area contributed by atoms with Gasteiger partial charge in [-0.1, -0.05) is 35.6 Å². The second-order valence-corrected chi connectivity index (χ2v) is 9.32. The van der Waals surface area contributed by atoms with Gasteiger partial charge in [-0.3, -0.25) is 9.69 Å². The largest absolute Gasteiger partial charge is 0.492 e. The van der Waals surface area contributed by atoms with E-state index in [2.05, 4.69) is 31.1 Å². The fourth-order valence-corrected chi connectivity index (χ4v) is 4.97. The molecule has 0 saturated heterocycles. The van der Waals surface area contributed by atoms with Crippen molar-refractivity contribution < 1.29 is 9.53 Å². The van der Waals surface area contributed by atoms with Gasteiger partial charge in [0.1, 0.15) is 11.3 Å². The smallest absolute Gasteiger partial charge is 0.229 e. The molecule has 1 aromatic heterocycles. The van der Waals surface area contributed by atoms with Gasteiger partial charge >= 0.3 is 0 Å². The first kappa shape index (κ1) is 25.5. The molecule has 1 amide bonds. The molecule has 0 saturated carbocycles. The Hall–Kier alpha value is -1.80. The lowest BCUT2D eigenvalue weighted by atomic mass is 10.3. The predicted molar refractivity (Wildman–Crippen MR) is 135 cm³/mol. The summed E-state index contributed by atoms with van der Waals surface area (Å²) >= 11 is 3.27. The molecule has 0 bridgehead atoms. The van der Waals surface area contributed by atoms with Gasteiger partial charge < -0.3 is 9.64 Å². The summed E-state index contributed by atoms with van der Waals surface area (Å²) in [5.41, 5.74) is 0.837. The number of thioether (sulfide) groups is 1. The number of hydrogen-bond acceptors (Lipinski definition) is 6. The molecule has 0 radical (unpaired) electrons. The van der Waals surface area contributed by atoms with E-state index in [0.29, 0.717) is 19.6 Å². The van der Waals surface area contributed by atoms with Crippen LogP contribution in [0.5, 0.6) is 5.75 Å². The Balaban J connectivity index is 0.00000341. The van der Waals surface area contributed by atoms with Crippen molar-refractivity contribution in [2.75, 3.05) is 44.4 Å². The summed E-state index contributed by atoms with van der Waals surface area (Å²) in [7, 11) is 4.10. The number of fused-ring (bicyclic) bond motifs is 1. The summed E-state index contributed by atoms with van der Waals surface area (Å²) in [5, 5.41) is 0.755. The van der Waals surface area contributed by atoms with Crippen molar-refractivity contribution in [1.82, 2.24) is 9.88 Å². The number of para-hydroxylation sites is 1. The third kappa shape index (κ3) is 7.38. The van der Waals surface area contributed by atoms with Gasteiger partial charge in [-0.15, -0.1) is 24.2 Å². The molecule has 0 unspecified atom stereocenters. The average Bonchev–Trinajstić information content (AvgIpc) is 3.17. The molecule has 31 heavy (non-hydrogen) atoms. The van der Waals surface area contributed by atoms with Crippen molar-refractivity contribution in [2.24, 2.45) is 0 Å². The number of carbonyl (C=O) groups is 1. The van der Waals surface area contributed by atoms with Gasteiger partial charge in [-0.25, -0.2) is 4.98 Å². The number of hydrogen-bond donors (Lipinski definition) is 0. The van der Waals surface area contributed by atoms with Gasteiger partial charge in [0.2, 0.25) is 5.91 Å². The fourth-order valence-electron chi connectivity index (χ4n) is 3.08. The van der Waals surface area contributed by atoms with E-state index in [-0.39, 0.29) is 18.3 Å². The molecule has 3 aromatic rings. The van der Waals surface area contributed by atoms with Crippen LogP contribution in [-0.4, -0.2) is 55.3 Å². The molecule has 0 atom stereocenters. The van der Waals surface area contributed by atoms with E-state index in [4.69, 9.17) is 9.72 Å². The lowest BCUT2D eigenvalue weighted by Crippen LogP contribution is -2.33. The zero-order valence-electron chi connectivity index (χ0n) is 18.2. The maximum atomic E-state index is 13.1. The number of nitrogens with zero attached hydrogens (tertiary/aromatic N) is 3. The van der Waals surface area contributed by atoms with Gasteiger partial charge in [0.25, 0.3) is 0 Å². The maximum Gasteiger partial charge on any atom is 0.229 e. The SMILES string of the molecule is CCOc1cccc2sc(N(CCCN(C)C)C(=O)CCSc3ccccc3)nc12.Cl. The Morgan fingerprint density at radius 3 is 2.58 bits per heavy atom. The van der Waals surface area contributed by atoms with Crippen molar-refractivity contribution in [2.45, 2.75) is 24.7 Å². The Morgan fingerprint density at radius 2 is 1.87 bits per heavy atom. The van der Waals surface area contributed by atoms with Crippen LogP contribution in [0.2, 0.25) is 0 Å². The van der Waals surface area contributed by atoms with Crippen LogP contribution < -0.4 is 9.64 Å². The van der Waals surface area contributed by atoms with E-state index in [9.17, 15) is 4.79 Å².